The average Bonchev–Trinajstić information content (AvgIpc) is 2.15. The van der Waals surface area contributed by atoms with Crippen LogP contribution in [-0.2, 0) is 6.54 Å². The quantitative estimate of drug-likeness (QED) is 0.583. The van der Waals surface area contributed by atoms with E-state index >= 15 is 0 Å². The van der Waals surface area contributed by atoms with E-state index in [0.717, 1.165) is 12.1 Å². The molecule has 4 heteroatoms. The van der Waals surface area contributed by atoms with Crippen LogP contribution in [0.5, 0.6) is 0 Å². The molecule has 3 nitrogen and oxygen atoms in total. The molecule has 0 saturated carbocycles. The molecule has 0 aliphatic rings. The molecular weight excluding hydrogens is 177 g/mol. The van der Waals surface area contributed by atoms with Gasteiger partial charge in [-0.3, -0.25) is 0 Å². The Morgan fingerprint density at radius 2 is 2.07 bits per heavy atom. The van der Waals surface area contributed by atoms with Gasteiger partial charge >= 0.3 is 7.12 Å². The minimum absolute atomic E-state index is 0.428. The molecule has 14 heavy (non-hydrogen) atoms. The van der Waals surface area contributed by atoms with Crippen LogP contribution in [-0.4, -0.2) is 23.2 Å². The van der Waals surface area contributed by atoms with Gasteiger partial charge in [0.05, 0.1) is 0 Å². The third-order valence-electron chi connectivity index (χ3n) is 1.96. The molecular formula is C10H16BNO2. The zero-order valence-electron chi connectivity index (χ0n) is 8.57. The Morgan fingerprint density at radius 1 is 1.36 bits per heavy atom. The van der Waals surface area contributed by atoms with Crippen LogP contribution in [0.15, 0.2) is 24.3 Å². The second kappa shape index (κ2) is 5.15. The van der Waals surface area contributed by atoms with Gasteiger partial charge in [-0.15, -0.1) is 0 Å². The first-order valence-electron chi connectivity index (χ1n) is 4.78. The fourth-order valence-electron chi connectivity index (χ4n) is 1.19. The molecule has 76 valence electrons. The number of rotatable bonds is 4. The smallest absolute Gasteiger partial charge is 0.423 e. The van der Waals surface area contributed by atoms with Gasteiger partial charge in [0.2, 0.25) is 0 Å². The lowest BCUT2D eigenvalue weighted by Crippen LogP contribution is -2.30. The van der Waals surface area contributed by atoms with E-state index in [1.54, 1.807) is 12.1 Å². The van der Waals surface area contributed by atoms with Crippen LogP contribution in [0, 0.1) is 0 Å². The lowest BCUT2D eigenvalue weighted by atomic mass is 9.79. The third-order valence-corrected chi connectivity index (χ3v) is 1.96. The van der Waals surface area contributed by atoms with Crippen LogP contribution in [0.3, 0.4) is 0 Å². The third kappa shape index (κ3) is 3.50. The normalized spacial score (nSPS) is 10.6. The molecule has 0 spiro atoms. The Balaban J connectivity index is 2.64. The first-order valence-corrected chi connectivity index (χ1v) is 4.78. The van der Waals surface area contributed by atoms with Crippen LogP contribution in [0.1, 0.15) is 19.4 Å². The summed E-state index contributed by atoms with van der Waals surface area (Å²) in [6, 6.07) is 7.70. The maximum Gasteiger partial charge on any atom is 0.488 e. The number of benzene rings is 1. The van der Waals surface area contributed by atoms with Gasteiger partial charge in [-0.25, -0.2) is 0 Å². The lowest BCUT2D eigenvalue weighted by Gasteiger charge is -2.09. The van der Waals surface area contributed by atoms with Gasteiger partial charge in [-0.05, 0) is 11.0 Å². The van der Waals surface area contributed by atoms with Crippen molar-refractivity contribution in [1.82, 2.24) is 5.32 Å². The fourth-order valence-corrected chi connectivity index (χ4v) is 1.19. The van der Waals surface area contributed by atoms with Crippen molar-refractivity contribution in [1.29, 1.82) is 0 Å². The standard InChI is InChI=1S/C10H16BNO2/c1-8(2)12-7-9-4-3-5-10(6-9)11(13)14/h3-6,8,12-14H,7H2,1-2H3. The van der Waals surface area contributed by atoms with E-state index in [1.807, 2.05) is 12.1 Å². The Morgan fingerprint density at radius 3 is 2.64 bits per heavy atom. The highest BCUT2D eigenvalue weighted by molar-refractivity contribution is 6.58. The summed E-state index contributed by atoms with van der Waals surface area (Å²) in [5.41, 5.74) is 1.59. The van der Waals surface area contributed by atoms with Gasteiger partial charge in [0.15, 0.2) is 0 Å². The van der Waals surface area contributed by atoms with Crippen LogP contribution >= 0.6 is 0 Å². The Hall–Kier alpha value is -0.835. The molecule has 0 bridgehead atoms. The lowest BCUT2D eigenvalue weighted by molar-refractivity contribution is 0.425. The molecule has 0 radical (unpaired) electrons. The Kier molecular flexibility index (Phi) is 4.13. The van der Waals surface area contributed by atoms with Crippen molar-refractivity contribution < 1.29 is 10.0 Å². The minimum Gasteiger partial charge on any atom is -0.423 e. The highest BCUT2D eigenvalue weighted by Gasteiger charge is 2.10. The molecule has 0 atom stereocenters. The van der Waals surface area contributed by atoms with E-state index in [-0.39, 0.29) is 0 Å². The van der Waals surface area contributed by atoms with Crippen molar-refractivity contribution in [3.63, 3.8) is 0 Å². The zero-order chi connectivity index (χ0) is 10.6. The summed E-state index contributed by atoms with van der Waals surface area (Å²) in [4.78, 5) is 0. The van der Waals surface area contributed by atoms with Gasteiger partial charge in [0, 0.05) is 12.6 Å². The fraction of sp³-hybridized carbons (Fsp3) is 0.400. The van der Waals surface area contributed by atoms with E-state index in [0.29, 0.717) is 11.5 Å². The van der Waals surface area contributed by atoms with Crippen molar-refractivity contribution >= 4 is 12.6 Å². The minimum atomic E-state index is -1.38. The summed E-state index contributed by atoms with van der Waals surface area (Å²) in [7, 11) is -1.38. The van der Waals surface area contributed by atoms with E-state index in [4.69, 9.17) is 10.0 Å². The van der Waals surface area contributed by atoms with E-state index < -0.39 is 7.12 Å². The molecule has 0 amide bonds. The summed E-state index contributed by atoms with van der Waals surface area (Å²) in [6.07, 6.45) is 0. The Labute approximate surface area is 84.9 Å². The summed E-state index contributed by atoms with van der Waals surface area (Å²) >= 11 is 0. The largest absolute Gasteiger partial charge is 0.488 e. The predicted octanol–water partition coefficient (Wildman–Crippen LogP) is -0.136. The molecule has 1 rings (SSSR count). The monoisotopic (exact) mass is 193 g/mol. The molecule has 0 heterocycles. The van der Waals surface area contributed by atoms with Gasteiger partial charge in [0.25, 0.3) is 0 Å². The van der Waals surface area contributed by atoms with Gasteiger partial charge in [-0.1, -0.05) is 38.1 Å². The van der Waals surface area contributed by atoms with E-state index in [1.165, 1.54) is 0 Å². The molecule has 0 saturated heterocycles. The second-order valence-corrected chi connectivity index (χ2v) is 3.65. The Bertz CT molecular complexity index is 289. The van der Waals surface area contributed by atoms with Crippen molar-refractivity contribution in [2.45, 2.75) is 26.4 Å². The molecule has 3 N–H and O–H groups in total. The molecule has 0 aliphatic carbocycles. The molecule has 0 fully saturated rings. The van der Waals surface area contributed by atoms with E-state index in [2.05, 4.69) is 19.2 Å². The maximum atomic E-state index is 8.96. The summed E-state index contributed by atoms with van der Waals surface area (Å²) < 4.78 is 0. The van der Waals surface area contributed by atoms with Gasteiger partial charge in [0.1, 0.15) is 0 Å². The molecule has 1 aromatic rings. The summed E-state index contributed by atoms with van der Waals surface area (Å²) in [6.45, 7) is 4.90. The number of hydrogen-bond donors (Lipinski definition) is 3. The number of hydrogen-bond acceptors (Lipinski definition) is 3. The highest BCUT2D eigenvalue weighted by atomic mass is 16.4. The van der Waals surface area contributed by atoms with Crippen molar-refractivity contribution in [3.05, 3.63) is 29.8 Å². The summed E-state index contributed by atoms with van der Waals surface area (Å²) in [5.74, 6) is 0. The number of nitrogens with one attached hydrogen (secondary N) is 1. The van der Waals surface area contributed by atoms with Crippen molar-refractivity contribution in [2.24, 2.45) is 0 Å². The predicted molar refractivity (Wildman–Crippen MR) is 58.2 cm³/mol. The zero-order valence-corrected chi connectivity index (χ0v) is 8.57. The topological polar surface area (TPSA) is 52.5 Å². The molecule has 0 unspecified atom stereocenters. The van der Waals surface area contributed by atoms with Crippen LogP contribution in [0.25, 0.3) is 0 Å². The van der Waals surface area contributed by atoms with Gasteiger partial charge in [-0.2, -0.15) is 0 Å². The first kappa shape index (κ1) is 11.2. The second-order valence-electron chi connectivity index (χ2n) is 3.65. The van der Waals surface area contributed by atoms with Crippen LogP contribution < -0.4 is 10.8 Å². The first-order chi connectivity index (χ1) is 6.59. The molecule has 1 aromatic carbocycles. The van der Waals surface area contributed by atoms with Gasteiger partial charge < -0.3 is 15.4 Å². The molecule has 0 aromatic heterocycles. The van der Waals surface area contributed by atoms with Crippen molar-refractivity contribution in [2.75, 3.05) is 0 Å². The van der Waals surface area contributed by atoms with Crippen LogP contribution in [0.2, 0.25) is 0 Å². The SMILES string of the molecule is CC(C)NCc1cccc(B(O)O)c1. The highest BCUT2D eigenvalue weighted by Crippen LogP contribution is 1.97. The van der Waals surface area contributed by atoms with Crippen LogP contribution in [0.4, 0.5) is 0 Å². The average molecular weight is 193 g/mol. The van der Waals surface area contributed by atoms with Crippen molar-refractivity contribution in [3.8, 4) is 0 Å². The molecule has 0 aliphatic heterocycles. The van der Waals surface area contributed by atoms with E-state index in [9.17, 15) is 0 Å². The maximum absolute atomic E-state index is 8.96. The summed E-state index contributed by atoms with van der Waals surface area (Å²) in [5, 5.41) is 21.2.